The van der Waals surface area contributed by atoms with E-state index in [4.69, 9.17) is 27.9 Å². The number of unbranched alkanes of at least 4 members (excludes halogenated alkanes) is 1. The molecule has 0 aromatic carbocycles. The van der Waals surface area contributed by atoms with Crippen molar-refractivity contribution in [3.63, 3.8) is 0 Å². The second kappa shape index (κ2) is 11.8. The van der Waals surface area contributed by atoms with Crippen molar-refractivity contribution in [2.24, 2.45) is 0 Å². The maximum absolute atomic E-state index is 11.7. The third-order valence-electron chi connectivity index (χ3n) is 3.01. The molecule has 0 aliphatic heterocycles. The summed E-state index contributed by atoms with van der Waals surface area (Å²) in [6.07, 6.45) is 1.13. The molecule has 8 heteroatoms. The highest BCUT2D eigenvalue weighted by molar-refractivity contribution is 6.18. The summed E-state index contributed by atoms with van der Waals surface area (Å²) in [4.78, 5) is 25.0. The van der Waals surface area contributed by atoms with Gasteiger partial charge in [-0.1, -0.05) is 0 Å². The van der Waals surface area contributed by atoms with Crippen molar-refractivity contribution in [3.8, 4) is 0 Å². The van der Waals surface area contributed by atoms with Gasteiger partial charge in [0.25, 0.3) is 0 Å². The summed E-state index contributed by atoms with van der Waals surface area (Å²) >= 11 is 11.4. The first-order chi connectivity index (χ1) is 10.7. The number of carbonyl (C=O) groups is 2. The normalized spacial score (nSPS) is 13.0. The molecule has 1 unspecified atom stereocenters. The van der Waals surface area contributed by atoms with Crippen LogP contribution in [0.3, 0.4) is 0 Å². The molecule has 0 fully saturated rings. The molecule has 2 N–H and O–H groups in total. The monoisotopic (exact) mass is 370 g/mol. The number of hydrogen-bond acceptors (Lipinski definition) is 4. The number of carboxylic acids is 1. The van der Waals surface area contributed by atoms with Gasteiger partial charge in [-0.2, -0.15) is 0 Å². The molecule has 0 aromatic rings. The van der Waals surface area contributed by atoms with Crippen molar-refractivity contribution in [1.82, 2.24) is 10.2 Å². The van der Waals surface area contributed by atoms with Crippen LogP contribution in [0.25, 0.3) is 0 Å². The maximum atomic E-state index is 11.7. The van der Waals surface area contributed by atoms with Crippen molar-refractivity contribution in [2.45, 2.75) is 51.7 Å². The molecular weight excluding hydrogens is 343 g/mol. The summed E-state index contributed by atoms with van der Waals surface area (Å²) in [7, 11) is 0. The van der Waals surface area contributed by atoms with E-state index in [-0.39, 0.29) is 0 Å². The average molecular weight is 371 g/mol. The van der Waals surface area contributed by atoms with Crippen molar-refractivity contribution in [3.05, 3.63) is 0 Å². The van der Waals surface area contributed by atoms with Gasteiger partial charge in [0.15, 0.2) is 0 Å². The molecule has 0 aliphatic carbocycles. The van der Waals surface area contributed by atoms with Crippen LogP contribution in [0.4, 0.5) is 4.79 Å². The number of halogens is 2. The standard InChI is InChI=1S/C15H28Cl2N2O4/c1-15(2,3)23-14(22)18-12(13(20)21)6-4-5-9-19(10-7-16)11-8-17/h12H,4-11H2,1-3H3,(H,18,22)(H,20,21). The molecule has 1 amide bonds. The zero-order chi connectivity index (χ0) is 17.9. The number of carbonyl (C=O) groups excluding carboxylic acids is 1. The number of aliphatic carboxylic acids is 1. The quantitative estimate of drug-likeness (QED) is 0.431. The van der Waals surface area contributed by atoms with Gasteiger partial charge in [0.1, 0.15) is 11.6 Å². The number of ether oxygens (including phenoxy) is 1. The average Bonchev–Trinajstić information content (AvgIpc) is 2.40. The van der Waals surface area contributed by atoms with Crippen LogP contribution in [0.15, 0.2) is 0 Å². The number of amides is 1. The Morgan fingerprint density at radius 2 is 1.70 bits per heavy atom. The SMILES string of the molecule is CC(C)(C)OC(=O)NC(CCCCN(CCCl)CCCl)C(=O)O. The van der Waals surface area contributed by atoms with Gasteiger partial charge in [-0.15, -0.1) is 23.2 Å². The Hall–Kier alpha value is -0.720. The number of nitrogens with one attached hydrogen (secondary N) is 1. The fraction of sp³-hybridized carbons (Fsp3) is 0.867. The number of alkyl halides is 2. The summed E-state index contributed by atoms with van der Waals surface area (Å²) in [5.41, 5.74) is -0.656. The van der Waals surface area contributed by atoms with Gasteiger partial charge in [0.2, 0.25) is 0 Å². The molecule has 0 heterocycles. The molecule has 6 nitrogen and oxygen atoms in total. The lowest BCUT2D eigenvalue weighted by Crippen LogP contribution is -2.43. The van der Waals surface area contributed by atoms with Gasteiger partial charge >= 0.3 is 12.1 Å². The maximum Gasteiger partial charge on any atom is 0.408 e. The predicted molar refractivity (Wildman–Crippen MR) is 92.5 cm³/mol. The van der Waals surface area contributed by atoms with E-state index in [2.05, 4.69) is 10.2 Å². The highest BCUT2D eigenvalue weighted by Gasteiger charge is 2.23. The minimum Gasteiger partial charge on any atom is -0.480 e. The molecule has 0 saturated heterocycles. The Kier molecular flexibility index (Phi) is 11.4. The molecule has 0 spiro atoms. The lowest BCUT2D eigenvalue weighted by Gasteiger charge is -2.22. The summed E-state index contributed by atoms with van der Waals surface area (Å²) < 4.78 is 5.08. The predicted octanol–water partition coefficient (Wildman–Crippen LogP) is 2.91. The molecule has 136 valence electrons. The van der Waals surface area contributed by atoms with Crippen LogP contribution in [-0.2, 0) is 9.53 Å². The van der Waals surface area contributed by atoms with Crippen LogP contribution in [0.2, 0.25) is 0 Å². The first-order valence-electron chi connectivity index (χ1n) is 7.76. The highest BCUT2D eigenvalue weighted by Crippen LogP contribution is 2.09. The van der Waals surface area contributed by atoms with Gasteiger partial charge < -0.3 is 20.1 Å². The van der Waals surface area contributed by atoms with Gasteiger partial charge in [-0.25, -0.2) is 9.59 Å². The van der Waals surface area contributed by atoms with Crippen LogP contribution in [-0.4, -0.2) is 65.1 Å². The van der Waals surface area contributed by atoms with Crippen LogP contribution in [0, 0.1) is 0 Å². The van der Waals surface area contributed by atoms with E-state index in [0.717, 1.165) is 26.1 Å². The van der Waals surface area contributed by atoms with E-state index >= 15 is 0 Å². The summed E-state index contributed by atoms with van der Waals surface area (Å²) in [6, 6.07) is -0.945. The fourth-order valence-corrected chi connectivity index (χ4v) is 2.44. The third kappa shape index (κ3) is 12.4. The molecule has 0 rings (SSSR count). The summed E-state index contributed by atoms with van der Waals surface area (Å²) in [5.74, 6) is 0.0122. The zero-order valence-corrected chi connectivity index (χ0v) is 15.6. The Morgan fingerprint density at radius 1 is 1.13 bits per heavy atom. The minimum atomic E-state index is -1.06. The smallest absolute Gasteiger partial charge is 0.408 e. The van der Waals surface area contributed by atoms with Gasteiger partial charge in [0.05, 0.1) is 0 Å². The fourth-order valence-electron chi connectivity index (χ4n) is 1.97. The topological polar surface area (TPSA) is 78.9 Å². The Morgan fingerprint density at radius 3 is 2.13 bits per heavy atom. The summed E-state index contributed by atoms with van der Waals surface area (Å²) in [5, 5.41) is 11.6. The Bertz CT molecular complexity index is 356. The third-order valence-corrected chi connectivity index (χ3v) is 3.35. The number of carboxylic acid groups (broad SMARTS) is 1. The lowest BCUT2D eigenvalue weighted by molar-refractivity contribution is -0.139. The first-order valence-corrected chi connectivity index (χ1v) is 8.83. The van der Waals surface area contributed by atoms with Crippen LogP contribution in [0.1, 0.15) is 40.0 Å². The molecular formula is C15H28Cl2N2O4. The van der Waals surface area contributed by atoms with Gasteiger partial charge in [-0.3, -0.25) is 0 Å². The number of rotatable bonds is 11. The lowest BCUT2D eigenvalue weighted by atomic mass is 10.1. The van der Waals surface area contributed by atoms with Gasteiger partial charge in [-0.05, 0) is 46.6 Å². The molecule has 23 heavy (non-hydrogen) atoms. The Balaban J connectivity index is 4.19. The second-order valence-corrected chi connectivity index (χ2v) is 7.01. The molecule has 0 radical (unpaired) electrons. The first kappa shape index (κ1) is 22.3. The molecule has 0 aromatic heterocycles. The van der Waals surface area contributed by atoms with E-state index in [9.17, 15) is 14.7 Å². The van der Waals surface area contributed by atoms with Crippen LogP contribution < -0.4 is 5.32 Å². The van der Waals surface area contributed by atoms with Crippen molar-refractivity contribution >= 4 is 35.3 Å². The molecule has 1 atom stereocenters. The van der Waals surface area contributed by atoms with Crippen LogP contribution >= 0.6 is 23.2 Å². The van der Waals surface area contributed by atoms with Gasteiger partial charge in [0, 0.05) is 24.8 Å². The number of alkyl carbamates (subject to hydrolysis) is 1. The number of hydrogen-bond donors (Lipinski definition) is 2. The van der Waals surface area contributed by atoms with E-state index in [1.54, 1.807) is 20.8 Å². The highest BCUT2D eigenvalue weighted by atomic mass is 35.5. The van der Waals surface area contributed by atoms with Crippen LogP contribution in [0.5, 0.6) is 0 Å². The van der Waals surface area contributed by atoms with E-state index < -0.39 is 23.7 Å². The largest absolute Gasteiger partial charge is 0.480 e. The molecule has 0 bridgehead atoms. The van der Waals surface area contributed by atoms with E-state index in [0.29, 0.717) is 24.6 Å². The summed E-state index contributed by atoms with van der Waals surface area (Å²) in [6.45, 7) is 7.50. The van der Waals surface area contributed by atoms with Crippen molar-refractivity contribution < 1.29 is 19.4 Å². The minimum absolute atomic E-state index is 0.351. The molecule has 0 aliphatic rings. The molecule has 0 saturated carbocycles. The van der Waals surface area contributed by atoms with Crippen molar-refractivity contribution in [1.29, 1.82) is 0 Å². The zero-order valence-electron chi connectivity index (χ0n) is 14.1. The van der Waals surface area contributed by atoms with E-state index in [1.165, 1.54) is 0 Å². The second-order valence-electron chi connectivity index (χ2n) is 6.25. The van der Waals surface area contributed by atoms with E-state index in [1.807, 2.05) is 0 Å². The Labute approximate surface area is 148 Å². The number of nitrogens with zero attached hydrogens (tertiary/aromatic N) is 1. The van der Waals surface area contributed by atoms with Crippen molar-refractivity contribution in [2.75, 3.05) is 31.4 Å².